The van der Waals surface area contributed by atoms with E-state index in [1.54, 1.807) is 0 Å². The van der Waals surface area contributed by atoms with E-state index in [9.17, 15) is 0 Å². The molecule has 1 aliphatic rings. The standard InChI is InChI=1S/C15H31NO/c1-4-7-13-9-10-15(16-3)14(12-13)8-6-11-17-5-2/h13-16H,4-12H2,1-3H3. The fourth-order valence-electron chi connectivity index (χ4n) is 3.32. The van der Waals surface area contributed by atoms with Crippen molar-refractivity contribution in [3.63, 3.8) is 0 Å². The van der Waals surface area contributed by atoms with Crippen LogP contribution in [0.1, 0.15) is 58.8 Å². The molecule has 3 unspecified atom stereocenters. The molecular weight excluding hydrogens is 210 g/mol. The van der Waals surface area contributed by atoms with Crippen LogP contribution in [0, 0.1) is 11.8 Å². The van der Waals surface area contributed by atoms with Crippen LogP contribution in [-0.4, -0.2) is 26.3 Å². The third kappa shape index (κ3) is 5.39. The van der Waals surface area contributed by atoms with E-state index in [-0.39, 0.29) is 0 Å². The van der Waals surface area contributed by atoms with E-state index in [4.69, 9.17) is 4.74 Å². The summed E-state index contributed by atoms with van der Waals surface area (Å²) in [4.78, 5) is 0. The van der Waals surface area contributed by atoms with Crippen molar-refractivity contribution in [2.24, 2.45) is 11.8 Å². The molecule has 1 N–H and O–H groups in total. The highest BCUT2D eigenvalue weighted by Crippen LogP contribution is 2.34. The van der Waals surface area contributed by atoms with E-state index in [0.29, 0.717) is 0 Å². The summed E-state index contributed by atoms with van der Waals surface area (Å²) in [5, 5.41) is 3.52. The van der Waals surface area contributed by atoms with Gasteiger partial charge < -0.3 is 10.1 Å². The number of hydrogen-bond donors (Lipinski definition) is 1. The lowest BCUT2D eigenvalue weighted by molar-refractivity contribution is 0.126. The van der Waals surface area contributed by atoms with Gasteiger partial charge in [-0.25, -0.2) is 0 Å². The summed E-state index contributed by atoms with van der Waals surface area (Å²) >= 11 is 0. The van der Waals surface area contributed by atoms with Crippen LogP contribution in [-0.2, 0) is 4.74 Å². The Balaban J connectivity index is 2.29. The molecule has 0 aromatic heterocycles. The predicted octanol–water partition coefficient (Wildman–Crippen LogP) is 3.61. The maximum Gasteiger partial charge on any atom is 0.0466 e. The summed E-state index contributed by atoms with van der Waals surface area (Å²) in [6.45, 7) is 6.20. The summed E-state index contributed by atoms with van der Waals surface area (Å²) in [7, 11) is 2.13. The maximum absolute atomic E-state index is 5.45. The Labute approximate surface area is 108 Å². The summed E-state index contributed by atoms with van der Waals surface area (Å²) < 4.78 is 5.45. The summed E-state index contributed by atoms with van der Waals surface area (Å²) in [5.74, 6) is 1.87. The molecule has 0 amide bonds. The molecule has 0 aromatic carbocycles. The molecule has 2 nitrogen and oxygen atoms in total. The molecule has 3 atom stereocenters. The van der Waals surface area contributed by atoms with Crippen molar-refractivity contribution in [2.45, 2.75) is 64.8 Å². The van der Waals surface area contributed by atoms with E-state index in [1.165, 1.54) is 44.9 Å². The molecule has 0 aliphatic heterocycles. The Morgan fingerprint density at radius 1 is 1.18 bits per heavy atom. The first kappa shape index (κ1) is 15.0. The first-order valence-corrected chi connectivity index (χ1v) is 7.56. The van der Waals surface area contributed by atoms with Crippen LogP contribution >= 0.6 is 0 Å². The Morgan fingerprint density at radius 3 is 2.65 bits per heavy atom. The Kier molecular flexibility index (Phi) is 7.87. The molecule has 0 saturated heterocycles. The van der Waals surface area contributed by atoms with Crippen LogP contribution in [0.4, 0.5) is 0 Å². The molecule has 102 valence electrons. The smallest absolute Gasteiger partial charge is 0.0466 e. The molecule has 1 rings (SSSR count). The summed E-state index contributed by atoms with van der Waals surface area (Å²) in [6, 6.07) is 0.754. The highest BCUT2D eigenvalue weighted by molar-refractivity contribution is 4.83. The van der Waals surface area contributed by atoms with Gasteiger partial charge in [0.05, 0.1) is 0 Å². The largest absolute Gasteiger partial charge is 0.382 e. The normalized spacial score (nSPS) is 29.5. The molecule has 17 heavy (non-hydrogen) atoms. The van der Waals surface area contributed by atoms with Crippen LogP contribution in [0.3, 0.4) is 0 Å². The van der Waals surface area contributed by atoms with Gasteiger partial charge in [0.1, 0.15) is 0 Å². The molecule has 0 bridgehead atoms. The molecule has 1 saturated carbocycles. The van der Waals surface area contributed by atoms with Crippen molar-refractivity contribution in [1.29, 1.82) is 0 Å². The number of ether oxygens (including phenoxy) is 1. The molecular formula is C15H31NO. The lowest BCUT2D eigenvalue weighted by Crippen LogP contribution is -2.38. The van der Waals surface area contributed by atoms with Gasteiger partial charge in [-0.2, -0.15) is 0 Å². The highest BCUT2D eigenvalue weighted by Gasteiger charge is 2.28. The van der Waals surface area contributed by atoms with Crippen molar-refractivity contribution in [2.75, 3.05) is 20.3 Å². The number of rotatable bonds is 8. The van der Waals surface area contributed by atoms with E-state index in [2.05, 4.69) is 26.2 Å². The lowest BCUT2D eigenvalue weighted by Gasteiger charge is -2.36. The van der Waals surface area contributed by atoms with Crippen molar-refractivity contribution < 1.29 is 4.74 Å². The fraction of sp³-hybridized carbons (Fsp3) is 1.00. The van der Waals surface area contributed by atoms with Gasteiger partial charge in [0.25, 0.3) is 0 Å². The zero-order valence-corrected chi connectivity index (χ0v) is 12.0. The predicted molar refractivity (Wildman–Crippen MR) is 74.3 cm³/mol. The van der Waals surface area contributed by atoms with E-state index >= 15 is 0 Å². The van der Waals surface area contributed by atoms with Gasteiger partial charge in [0, 0.05) is 19.3 Å². The zero-order chi connectivity index (χ0) is 12.5. The van der Waals surface area contributed by atoms with Gasteiger partial charge in [0.15, 0.2) is 0 Å². The number of hydrogen-bond acceptors (Lipinski definition) is 2. The monoisotopic (exact) mass is 241 g/mol. The number of nitrogens with one attached hydrogen (secondary N) is 1. The third-order valence-electron chi connectivity index (χ3n) is 4.23. The van der Waals surface area contributed by atoms with E-state index < -0.39 is 0 Å². The molecule has 1 fully saturated rings. The second-order valence-corrected chi connectivity index (χ2v) is 5.46. The molecule has 2 heteroatoms. The van der Waals surface area contributed by atoms with E-state index in [0.717, 1.165) is 31.1 Å². The van der Waals surface area contributed by atoms with Crippen LogP contribution in [0.2, 0.25) is 0 Å². The molecule has 0 radical (unpaired) electrons. The van der Waals surface area contributed by atoms with Crippen LogP contribution in [0.5, 0.6) is 0 Å². The van der Waals surface area contributed by atoms with Crippen LogP contribution in [0.25, 0.3) is 0 Å². The first-order valence-electron chi connectivity index (χ1n) is 7.56. The Bertz CT molecular complexity index is 184. The van der Waals surface area contributed by atoms with Gasteiger partial charge in [-0.05, 0) is 57.9 Å². The Morgan fingerprint density at radius 2 is 2.00 bits per heavy atom. The van der Waals surface area contributed by atoms with Gasteiger partial charge in [0.2, 0.25) is 0 Å². The summed E-state index contributed by atoms with van der Waals surface area (Å²) in [6.07, 6.45) is 9.59. The van der Waals surface area contributed by atoms with Crippen molar-refractivity contribution in [3.05, 3.63) is 0 Å². The Hall–Kier alpha value is -0.0800. The topological polar surface area (TPSA) is 21.3 Å². The maximum atomic E-state index is 5.45. The SMILES string of the molecule is CCCC1CCC(NC)C(CCCOCC)C1. The van der Waals surface area contributed by atoms with Gasteiger partial charge >= 0.3 is 0 Å². The van der Waals surface area contributed by atoms with Crippen molar-refractivity contribution in [3.8, 4) is 0 Å². The minimum absolute atomic E-state index is 0.754. The average Bonchev–Trinajstić information content (AvgIpc) is 2.35. The molecule has 0 aromatic rings. The van der Waals surface area contributed by atoms with E-state index in [1.807, 2.05) is 0 Å². The second kappa shape index (κ2) is 8.93. The van der Waals surface area contributed by atoms with Crippen LogP contribution < -0.4 is 5.32 Å². The van der Waals surface area contributed by atoms with Crippen LogP contribution in [0.15, 0.2) is 0 Å². The minimum Gasteiger partial charge on any atom is -0.382 e. The quantitative estimate of drug-likeness (QED) is 0.656. The van der Waals surface area contributed by atoms with Crippen molar-refractivity contribution >= 4 is 0 Å². The first-order chi connectivity index (χ1) is 8.31. The van der Waals surface area contributed by atoms with Gasteiger partial charge in [-0.1, -0.05) is 19.8 Å². The van der Waals surface area contributed by atoms with Gasteiger partial charge in [-0.3, -0.25) is 0 Å². The molecule has 0 spiro atoms. The summed E-state index contributed by atoms with van der Waals surface area (Å²) in [5.41, 5.74) is 0. The van der Waals surface area contributed by atoms with Crippen molar-refractivity contribution in [1.82, 2.24) is 5.32 Å². The minimum atomic E-state index is 0.754. The second-order valence-electron chi connectivity index (χ2n) is 5.46. The fourth-order valence-corrected chi connectivity index (χ4v) is 3.32. The molecule has 0 heterocycles. The third-order valence-corrected chi connectivity index (χ3v) is 4.23. The lowest BCUT2D eigenvalue weighted by atomic mass is 9.74. The molecule has 1 aliphatic carbocycles. The zero-order valence-electron chi connectivity index (χ0n) is 12.0. The highest BCUT2D eigenvalue weighted by atomic mass is 16.5. The average molecular weight is 241 g/mol. The van der Waals surface area contributed by atoms with Gasteiger partial charge in [-0.15, -0.1) is 0 Å².